The Labute approximate surface area is 91.8 Å². The molecule has 1 aromatic rings. The van der Waals surface area contributed by atoms with Crippen LogP contribution in [0.4, 0.5) is 0 Å². The molecule has 0 bridgehead atoms. The van der Waals surface area contributed by atoms with Crippen molar-refractivity contribution in [3.05, 3.63) is 48.6 Å². The summed E-state index contributed by atoms with van der Waals surface area (Å²) in [6.45, 7) is 3.72. The van der Waals surface area contributed by atoms with E-state index in [9.17, 15) is 0 Å². The fourth-order valence-corrected chi connectivity index (χ4v) is 1.92. The Kier molecular flexibility index (Phi) is 3.57. The van der Waals surface area contributed by atoms with Gasteiger partial charge in [0, 0.05) is 0 Å². The highest BCUT2D eigenvalue weighted by atomic mass is 16.6. The molecule has 2 rings (SSSR count). The minimum atomic E-state index is 0.505. The standard InChI is InChI=1S/C14H18O/c1-2-3-9-13-14(15-13)11-10-12-7-5-4-6-8-12/h2,4-8,13-14H,1,3,9-11H2. The van der Waals surface area contributed by atoms with Gasteiger partial charge in [-0.25, -0.2) is 0 Å². The maximum absolute atomic E-state index is 5.59. The molecule has 0 aliphatic carbocycles. The summed E-state index contributed by atoms with van der Waals surface area (Å²) in [6.07, 6.45) is 7.49. The molecular formula is C14H18O. The number of hydrogen-bond donors (Lipinski definition) is 0. The van der Waals surface area contributed by atoms with E-state index in [0.717, 1.165) is 25.7 Å². The fourth-order valence-electron chi connectivity index (χ4n) is 1.92. The van der Waals surface area contributed by atoms with Crippen molar-refractivity contribution < 1.29 is 4.74 Å². The van der Waals surface area contributed by atoms with Crippen LogP contribution in [0.1, 0.15) is 24.8 Å². The summed E-state index contributed by atoms with van der Waals surface area (Å²) >= 11 is 0. The first-order chi connectivity index (χ1) is 7.40. The van der Waals surface area contributed by atoms with Crippen LogP contribution in [-0.4, -0.2) is 12.2 Å². The number of allylic oxidation sites excluding steroid dienone is 1. The molecule has 0 N–H and O–H groups in total. The lowest BCUT2D eigenvalue weighted by Gasteiger charge is -1.97. The highest BCUT2D eigenvalue weighted by molar-refractivity contribution is 5.15. The van der Waals surface area contributed by atoms with Crippen molar-refractivity contribution in [3.63, 3.8) is 0 Å². The fraction of sp³-hybridized carbons (Fsp3) is 0.429. The van der Waals surface area contributed by atoms with Crippen molar-refractivity contribution in [2.24, 2.45) is 0 Å². The summed E-state index contributed by atoms with van der Waals surface area (Å²) in [5.41, 5.74) is 1.41. The average molecular weight is 202 g/mol. The third-order valence-electron chi connectivity index (χ3n) is 2.90. The smallest absolute Gasteiger partial charge is 0.0845 e. The molecule has 2 unspecified atom stereocenters. The summed E-state index contributed by atoms with van der Waals surface area (Å²) in [6, 6.07) is 10.6. The monoisotopic (exact) mass is 202 g/mol. The van der Waals surface area contributed by atoms with Crippen LogP contribution < -0.4 is 0 Å². The SMILES string of the molecule is C=CCCC1OC1CCc1ccccc1. The summed E-state index contributed by atoms with van der Waals surface area (Å²) in [4.78, 5) is 0. The van der Waals surface area contributed by atoms with Gasteiger partial charge in [-0.2, -0.15) is 0 Å². The first-order valence-corrected chi connectivity index (χ1v) is 5.70. The summed E-state index contributed by atoms with van der Waals surface area (Å²) in [5, 5.41) is 0. The summed E-state index contributed by atoms with van der Waals surface area (Å²) in [5.74, 6) is 0. The van der Waals surface area contributed by atoms with Crippen molar-refractivity contribution in [2.45, 2.75) is 37.9 Å². The van der Waals surface area contributed by atoms with Gasteiger partial charge >= 0.3 is 0 Å². The van der Waals surface area contributed by atoms with Crippen molar-refractivity contribution in [1.82, 2.24) is 0 Å². The Morgan fingerprint density at radius 2 is 1.87 bits per heavy atom. The van der Waals surface area contributed by atoms with Gasteiger partial charge in [0.2, 0.25) is 0 Å². The average Bonchev–Trinajstić information content (AvgIpc) is 3.04. The Morgan fingerprint density at radius 3 is 2.60 bits per heavy atom. The van der Waals surface area contributed by atoms with Gasteiger partial charge in [-0.3, -0.25) is 0 Å². The Morgan fingerprint density at radius 1 is 1.13 bits per heavy atom. The molecule has 2 atom stereocenters. The zero-order valence-electron chi connectivity index (χ0n) is 9.06. The van der Waals surface area contributed by atoms with Crippen LogP contribution in [0, 0.1) is 0 Å². The molecule has 1 aliphatic heterocycles. The lowest BCUT2D eigenvalue weighted by atomic mass is 10.1. The van der Waals surface area contributed by atoms with Crippen molar-refractivity contribution >= 4 is 0 Å². The predicted molar refractivity (Wildman–Crippen MR) is 62.9 cm³/mol. The molecule has 1 saturated heterocycles. The van der Waals surface area contributed by atoms with Gasteiger partial charge in [0.1, 0.15) is 0 Å². The van der Waals surface area contributed by atoms with E-state index in [2.05, 4.69) is 36.9 Å². The molecule has 15 heavy (non-hydrogen) atoms. The largest absolute Gasteiger partial charge is 0.370 e. The van der Waals surface area contributed by atoms with Crippen molar-refractivity contribution in [3.8, 4) is 0 Å². The maximum atomic E-state index is 5.59. The van der Waals surface area contributed by atoms with Crippen LogP contribution in [0.2, 0.25) is 0 Å². The molecule has 1 heteroatoms. The molecule has 1 aliphatic rings. The third kappa shape index (κ3) is 3.21. The summed E-state index contributed by atoms with van der Waals surface area (Å²) < 4.78 is 5.59. The lowest BCUT2D eigenvalue weighted by molar-refractivity contribution is 0.357. The van der Waals surface area contributed by atoms with Crippen LogP contribution in [0.25, 0.3) is 0 Å². The number of benzene rings is 1. The molecule has 0 radical (unpaired) electrons. The number of epoxide rings is 1. The first kappa shape index (κ1) is 10.4. The van der Waals surface area contributed by atoms with Crippen LogP contribution in [-0.2, 0) is 11.2 Å². The Bertz CT molecular complexity index is 304. The molecule has 80 valence electrons. The Hall–Kier alpha value is -1.08. The second-order valence-corrected chi connectivity index (χ2v) is 4.10. The molecule has 1 fully saturated rings. The molecule has 0 amide bonds. The molecule has 0 saturated carbocycles. The van der Waals surface area contributed by atoms with Gasteiger partial charge in [0.05, 0.1) is 12.2 Å². The third-order valence-corrected chi connectivity index (χ3v) is 2.90. The van der Waals surface area contributed by atoms with E-state index in [0.29, 0.717) is 12.2 Å². The highest BCUT2D eigenvalue weighted by Crippen LogP contribution is 2.30. The number of rotatable bonds is 6. The summed E-state index contributed by atoms with van der Waals surface area (Å²) in [7, 11) is 0. The van der Waals surface area contributed by atoms with Gasteiger partial charge in [0.25, 0.3) is 0 Å². The van der Waals surface area contributed by atoms with Gasteiger partial charge in [0.15, 0.2) is 0 Å². The van der Waals surface area contributed by atoms with E-state index < -0.39 is 0 Å². The minimum absolute atomic E-state index is 0.505. The van der Waals surface area contributed by atoms with Crippen molar-refractivity contribution in [2.75, 3.05) is 0 Å². The van der Waals surface area contributed by atoms with E-state index in [1.165, 1.54) is 5.56 Å². The van der Waals surface area contributed by atoms with E-state index in [-0.39, 0.29) is 0 Å². The normalized spacial score (nSPS) is 23.7. The second-order valence-electron chi connectivity index (χ2n) is 4.10. The lowest BCUT2D eigenvalue weighted by Crippen LogP contribution is -1.96. The van der Waals surface area contributed by atoms with Gasteiger partial charge in [-0.05, 0) is 31.2 Å². The molecular weight excluding hydrogens is 184 g/mol. The van der Waals surface area contributed by atoms with Crippen LogP contribution in [0.5, 0.6) is 0 Å². The molecule has 0 spiro atoms. The molecule has 1 nitrogen and oxygen atoms in total. The number of hydrogen-bond acceptors (Lipinski definition) is 1. The quantitative estimate of drug-likeness (QED) is 0.509. The van der Waals surface area contributed by atoms with E-state index in [1.807, 2.05) is 6.08 Å². The predicted octanol–water partition coefficient (Wildman–Crippen LogP) is 3.35. The van der Waals surface area contributed by atoms with Crippen LogP contribution >= 0.6 is 0 Å². The first-order valence-electron chi connectivity index (χ1n) is 5.70. The minimum Gasteiger partial charge on any atom is -0.370 e. The second kappa shape index (κ2) is 5.13. The number of ether oxygens (including phenoxy) is 1. The van der Waals surface area contributed by atoms with E-state index in [4.69, 9.17) is 4.74 Å². The van der Waals surface area contributed by atoms with E-state index in [1.54, 1.807) is 0 Å². The van der Waals surface area contributed by atoms with Gasteiger partial charge < -0.3 is 4.74 Å². The zero-order valence-corrected chi connectivity index (χ0v) is 9.06. The molecule has 0 aromatic heterocycles. The maximum Gasteiger partial charge on any atom is 0.0845 e. The van der Waals surface area contributed by atoms with Crippen molar-refractivity contribution in [1.29, 1.82) is 0 Å². The number of aryl methyl sites for hydroxylation is 1. The van der Waals surface area contributed by atoms with Crippen LogP contribution in [0.3, 0.4) is 0 Å². The van der Waals surface area contributed by atoms with Gasteiger partial charge in [-0.1, -0.05) is 36.4 Å². The van der Waals surface area contributed by atoms with Gasteiger partial charge in [-0.15, -0.1) is 6.58 Å². The zero-order chi connectivity index (χ0) is 10.5. The van der Waals surface area contributed by atoms with E-state index >= 15 is 0 Å². The molecule has 1 heterocycles. The molecule has 1 aromatic carbocycles. The topological polar surface area (TPSA) is 12.5 Å². The van der Waals surface area contributed by atoms with Crippen LogP contribution in [0.15, 0.2) is 43.0 Å². The Balaban J connectivity index is 1.66. The highest BCUT2D eigenvalue weighted by Gasteiger charge is 2.36.